The van der Waals surface area contributed by atoms with E-state index in [2.05, 4.69) is 0 Å². The predicted molar refractivity (Wildman–Crippen MR) is 70.4 cm³/mol. The van der Waals surface area contributed by atoms with Crippen LogP contribution in [0.4, 0.5) is 0 Å². The molecule has 0 spiro atoms. The minimum Gasteiger partial charge on any atom is -0.693 e. The van der Waals surface area contributed by atoms with E-state index in [0.29, 0.717) is 0 Å². The SMILES string of the molecule is O=S(=O)(O)S(=O)(=O)O.[Co+3].[NH-]CC[NH-].[NH-]CC[NH-].[NH2-].[NH2-]. The maximum absolute atomic E-state index is 9.37. The summed E-state index contributed by atoms with van der Waals surface area (Å²) in [6, 6.07) is 0. The van der Waals surface area contributed by atoms with Crippen LogP contribution in [-0.4, -0.2) is 52.1 Å². The Kier molecular flexibility index (Phi) is 39.2. The Morgan fingerprint density at radius 1 is 0.632 bits per heavy atom. The van der Waals surface area contributed by atoms with Gasteiger partial charge in [0.05, 0.1) is 0 Å². The molecule has 0 fully saturated rings. The molecule has 0 aromatic carbocycles. The molecule has 0 aromatic heterocycles. The Morgan fingerprint density at radius 2 is 0.737 bits per heavy atom. The van der Waals surface area contributed by atoms with Crippen LogP contribution in [0.2, 0.25) is 0 Å². The van der Waals surface area contributed by atoms with E-state index in [0.717, 1.165) is 0 Å². The van der Waals surface area contributed by atoms with Crippen LogP contribution in [0, 0.1) is 0 Å². The van der Waals surface area contributed by atoms with Crippen LogP contribution >= 0.6 is 0 Å². The van der Waals surface area contributed by atoms with Gasteiger partial charge < -0.3 is 35.2 Å². The summed E-state index contributed by atoms with van der Waals surface area (Å²) in [5.41, 5.74) is 25.1. The minimum atomic E-state index is -5.31. The topological polar surface area (TPSA) is 271 Å². The summed E-state index contributed by atoms with van der Waals surface area (Å²) in [6.45, 7) is 0.944. The summed E-state index contributed by atoms with van der Waals surface area (Å²) < 4.78 is 52.5. The van der Waals surface area contributed by atoms with Crippen molar-refractivity contribution in [3.63, 3.8) is 0 Å². The molecule has 0 saturated carbocycles. The Morgan fingerprint density at radius 3 is 0.737 bits per heavy atom. The molecule has 10 N–H and O–H groups in total. The van der Waals surface area contributed by atoms with Gasteiger partial charge in [-0.25, -0.2) is 0 Å². The standard InChI is InChI=1S/2C2H6N2.Co.2H2N.H2O6S2/c2*3-1-2-4;;;;1-7(2,3)8(4,5)6/h2*3-4H,1-2H2;;2*1H2;(H,1,2,3)(H,4,5,6)/q2*-2;+3;2*-1;. The van der Waals surface area contributed by atoms with Gasteiger partial charge in [-0.05, 0) is 0 Å². The van der Waals surface area contributed by atoms with Crippen molar-refractivity contribution in [1.82, 2.24) is 0 Å². The fourth-order valence-corrected chi connectivity index (χ4v) is 0. The van der Waals surface area contributed by atoms with Crippen LogP contribution in [0.1, 0.15) is 0 Å². The molecule has 0 aliphatic rings. The van der Waals surface area contributed by atoms with Crippen LogP contribution in [-0.2, 0) is 35.1 Å². The molecule has 0 saturated heterocycles. The van der Waals surface area contributed by atoms with Crippen LogP contribution in [0.15, 0.2) is 0 Å². The zero-order chi connectivity index (χ0) is 13.8. The number of nitrogens with two attached hydrogens (primary N) is 2. The quantitative estimate of drug-likeness (QED) is 0.555. The van der Waals surface area contributed by atoms with Crippen LogP contribution in [0.3, 0.4) is 0 Å². The Balaban J connectivity index is -0.0000000337. The van der Waals surface area contributed by atoms with Crippen molar-refractivity contribution in [2.24, 2.45) is 0 Å². The normalized spacial score (nSPS) is 8.95. The number of hydrogen-bond donors (Lipinski definition) is 2. The zero-order valence-corrected chi connectivity index (χ0v) is 12.3. The first-order valence-electron chi connectivity index (χ1n) is 3.61. The minimum absolute atomic E-state index is 0. The first-order valence-corrected chi connectivity index (χ1v) is 7.01. The van der Waals surface area contributed by atoms with E-state index in [-0.39, 0.29) is 55.3 Å². The maximum atomic E-state index is 9.37. The third-order valence-corrected chi connectivity index (χ3v) is 2.65. The van der Waals surface area contributed by atoms with Crippen molar-refractivity contribution in [3.05, 3.63) is 35.2 Å². The summed E-state index contributed by atoms with van der Waals surface area (Å²) in [5, 5.41) is 0. The average molecular weight is 369 g/mol. The molecule has 12 nitrogen and oxygen atoms in total. The first-order chi connectivity index (χ1) is 7.08. The molecule has 0 atom stereocenters. The zero-order valence-electron chi connectivity index (χ0n) is 9.66. The first kappa shape index (κ1) is 36.5. The van der Waals surface area contributed by atoms with E-state index in [1.54, 1.807) is 0 Å². The molecular formula is C4H18CoN6O6S2-3. The van der Waals surface area contributed by atoms with E-state index < -0.39 is 18.3 Å². The van der Waals surface area contributed by atoms with Crippen molar-refractivity contribution in [3.8, 4) is 0 Å². The van der Waals surface area contributed by atoms with Crippen molar-refractivity contribution in [2.75, 3.05) is 26.2 Å². The third-order valence-electron chi connectivity index (χ3n) is 0.516. The Labute approximate surface area is 122 Å². The molecule has 0 aliphatic carbocycles. The van der Waals surface area contributed by atoms with E-state index in [1.807, 2.05) is 0 Å². The van der Waals surface area contributed by atoms with Gasteiger partial charge in [0.25, 0.3) is 0 Å². The van der Waals surface area contributed by atoms with Gasteiger partial charge in [-0.1, -0.05) is 0 Å². The molecule has 0 heterocycles. The van der Waals surface area contributed by atoms with E-state index >= 15 is 0 Å². The van der Waals surface area contributed by atoms with Crippen molar-refractivity contribution < 1.29 is 42.7 Å². The van der Waals surface area contributed by atoms with E-state index in [1.165, 1.54) is 0 Å². The molecule has 19 heavy (non-hydrogen) atoms. The van der Waals surface area contributed by atoms with Gasteiger partial charge in [-0.15, -0.1) is 0 Å². The molecule has 0 unspecified atom stereocenters. The van der Waals surface area contributed by atoms with Gasteiger partial charge in [-0.2, -0.15) is 43.0 Å². The Bertz CT molecular complexity index is 296. The number of hydrogen-bond acceptors (Lipinski definition) is 4. The molecule has 0 rings (SSSR count). The molecule has 124 valence electrons. The van der Waals surface area contributed by atoms with Gasteiger partial charge in [0.1, 0.15) is 0 Å². The number of rotatable bonds is 3. The summed E-state index contributed by atoms with van der Waals surface area (Å²) >= 11 is 0. The summed E-state index contributed by atoms with van der Waals surface area (Å²) in [7, 11) is -10.6. The van der Waals surface area contributed by atoms with Gasteiger partial charge in [0.2, 0.25) is 0 Å². The maximum Gasteiger partial charge on any atom is 3.00 e. The molecule has 0 aliphatic heterocycles. The molecule has 0 amide bonds. The summed E-state index contributed by atoms with van der Waals surface area (Å²) in [5.74, 6) is 0. The molecule has 0 aromatic rings. The van der Waals surface area contributed by atoms with Crippen molar-refractivity contribution in [2.45, 2.75) is 0 Å². The summed E-state index contributed by atoms with van der Waals surface area (Å²) in [6.07, 6.45) is 0. The third kappa shape index (κ3) is 38.1. The fourth-order valence-electron chi connectivity index (χ4n) is 0. The predicted octanol–water partition coefficient (Wildman–Crippen LogP) is 2.29. The monoisotopic (exact) mass is 369 g/mol. The van der Waals surface area contributed by atoms with E-state index in [4.69, 9.17) is 32.0 Å². The van der Waals surface area contributed by atoms with Gasteiger partial charge in [0.15, 0.2) is 0 Å². The van der Waals surface area contributed by atoms with Crippen LogP contribution in [0.5, 0.6) is 0 Å². The second-order valence-corrected chi connectivity index (χ2v) is 6.09. The molecule has 15 heteroatoms. The number of nitrogens with one attached hydrogen (secondary N) is 4. The summed E-state index contributed by atoms with van der Waals surface area (Å²) in [4.78, 5) is 0. The van der Waals surface area contributed by atoms with E-state index in [9.17, 15) is 16.8 Å². The largest absolute Gasteiger partial charge is 3.00 e. The fraction of sp³-hybridized carbons (Fsp3) is 1.00. The second-order valence-electron chi connectivity index (χ2n) is 1.86. The molecule has 0 bridgehead atoms. The smallest absolute Gasteiger partial charge is 0.693 e. The average Bonchev–Trinajstić information content (AvgIpc) is 2.15. The van der Waals surface area contributed by atoms with Gasteiger partial charge in [0, 0.05) is 0 Å². The molecule has 0 radical (unpaired) electrons. The van der Waals surface area contributed by atoms with Crippen LogP contribution in [0.25, 0.3) is 35.2 Å². The van der Waals surface area contributed by atoms with Crippen LogP contribution < -0.4 is 0 Å². The van der Waals surface area contributed by atoms with Gasteiger partial charge >= 0.3 is 35.1 Å². The van der Waals surface area contributed by atoms with Gasteiger partial charge in [-0.3, -0.25) is 9.11 Å². The van der Waals surface area contributed by atoms with Crippen molar-refractivity contribution >= 4 is 18.3 Å². The van der Waals surface area contributed by atoms with Crippen molar-refractivity contribution in [1.29, 1.82) is 0 Å². The second kappa shape index (κ2) is 20.4. The molecular weight excluding hydrogens is 351 g/mol. The Hall–Kier alpha value is 0.0865.